The second kappa shape index (κ2) is 6.79. The summed E-state index contributed by atoms with van der Waals surface area (Å²) in [4.78, 5) is 24.4. The lowest BCUT2D eigenvalue weighted by Gasteiger charge is -2.21. The first kappa shape index (κ1) is 19.1. The van der Waals surface area contributed by atoms with Crippen LogP contribution in [0.3, 0.4) is 0 Å². The van der Waals surface area contributed by atoms with Gasteiger partial charge in [-0.3, -0.25) is 4.79 Å². The van der Waals surface area contributed by atoms with Gasteiger partial charge in [-0.05, 0) is 19.9 Å². The number of carbonyl (C=O) groups is 2. The van der Waals surface area contributed by atoms with Crippen LogP contribution in [0.4, 0.5) is 18.0 Å². The Morgan fingerprint density at radius 1 is 1.30 bits per heavy atom. The molecule has 0 unspecified atom stereocenters. The van der Waals surface area contributed by atoms with Crippen molar-refractivity contribution in [2.45, 2.75) is 26.1 Å². The Morgan fingerprint density at radius 2 is 1.96 bits per heavy atom. The summed E-state index contributed by atoms with van der Waals surface area (Å²) in [5.74, 6) is -4.80. The van der Waals surface area contributed by atoms with Gasteiger partial charge in [0.1, 0.15) is 11.3 Å². The molecule has 6 nitrogen and oxygen atoms in total. The highest BCUT2D eigenvalue weighted by atomic mass is 19.4. The Labute approximate surface area is 152 Å². The summed E-state index contributed by atoms with van der Waals surface area (Å²) in [7, 11) is 0. The number of carboxylic acid groups (broad SMARTS) is 1. The SMILES string of the molecule is Cc1c([C@H](C)NC(=O)N2C[C@@H](C(F)(F)F)[C@H](C(=O)O)C2)oc2ccccc12. The van der Waals surface area contributed by atoms with E-state index in [2.05, 4.69) is 5.32 Å². The normalized spacial score (nSPS) is 21.4. The summed E-state index contributed by atoms with van der Waals surface area (Å²) in [6.45, 7) is 2.32. The van der Waals surface area contributed by atoms with Crippen molar-refractivity contribution in [3.63, 3.8) is 0 Å². The lowest BCUT2D eigenvalue weighted by atomic mass is 9.96. The van der Waals surface area contributed by atoms with Gasteiger partial charge in [-0.15, -0.1) is 0 Å². The number of aryl methyl sites for hydroxylation is 1. The Morgan fingerprint density at radius 3 is 2.52 bits per heavy atom. The second-order valence-corrected chi connectivity index (χ2v) is 6.76. The number of nitrogens with one attached hydrogen (secondary N) is 1. The van der Waals surface area contributed by atoms with Crippen LogP contribution < -0.4 is 5.32 Å². The topological polar surface area (TPSA) is 82.8 Å². The largest absolute Gasteiger partial charge is 0.481 e. The minimum atomic E-state index is -4.68. The van der Waals surface area contributed by atoms with Gasteiger partial charge in [0.2, 0.25) is 0 Å². The number of hydrogen-bond donors (Lipinski definition) is 2. The van der Waals surface area contributed by atoms with Gasteiger partial charge in [0.25, 0.3) is 0 Å². The number of benzene rings is 1. The summed E-state index contributed by atoms with van der Waals surface area (Å²) in [5, 5.41) is 12.5. The predicted molar refractivity (Wildman–Crippen MR) is 90.1 cm³/mol. The zero-order valence-electron chi connectivity index (χ0n) is 14.7. The molecule has 0 bridgehead atoms. The van der Waals surface area contributed by atoms with E-state index >= 15 is 0 Å². The van der Waals surface area contributed by atoms with Crippen LogP contribution in [0.5, 0.6) is 0 Å². The molecule has 9 heteroatoms. The molecule has 1 aliphatic heterocycles. The van der Waals surface area contributed by atoms with Gasteiger partial charge >= 0.3 is 18.2 Å². The van der Waals surface area contributed by atoms with Crippen LogP contribution >= 0.6 is 0 Å². The molecule has 27 heavy (non-hydrogen) atoms. The highest BCUT2D eigenvalue weighted by molar-refractivity contribution is 5.83. The number of furan rings is 1. The number of carboxylic acids is 1. The number of halogens is 3. The molecule has 0 aliphatic carbocycles. The minimum Gasteiger partial charge on any atom is -0.481 e. The zero-order chi connectivity index (χ0) is 19.9. The molecule has 1 aromatic carbocycles. The van der Waals surface area contributed by atoms with Gasteiger partial charge in [0.15, 0.2) is 0 Å². The van der Waals surface area contributed by atoms with Gasteiger partial charge in [0, 0.05) is 24.0 Å². The summed E-state index contributed by atoms with van der Waals surface area (Å²) in [6, 6.07) is 5.99. The van der Waals surface area contributed by atoms with Crippen LogP contribution in [0, 0.1) is 18.8 Å². The van der Waals surface area contributed by atoms with Gasteiger partial charge in [-0.2, -0.15) is 13.2 Å². The van der Waals surface area contributed by atoms with Crippen molar-refractivity contribution < 1.29 is 32.3 Å². The molecule has 1 fully saturated rings. The first-order chi connectivity index (χ1) is 12.6. The van der Waals surface area contributed by atoms with Crippen LogP contribution in [-0.4, -0.2) is 41.3 Å². The van der Waals surface area contributed by atoms with Crippen LogP contribution in [-0.2, 0) is 4.79 Å². The summed E-state index contributed by atoms with van der Waals surface area (Å²) < 4.78 is 45.0. The van der Waals surface area contributed by atoms with Crippen LogP contribution in [0.15, 0.2) is 28.7 Å². The number of alkyl halides is 3. The predicted octanol–water partition coefficient (Wildman–Crippen LogP) is 3.71. The maximum atomic E-state index is 13.1. The Kier molecular flexibility index (Phi) is 4.79. The lowest BCUT2D eigenvalue weighted by Crippen LogP contribution is -2.40. The fourth-order valence-electron chi connectivity index (χ4n) is 3.50. The van der Waals surface area contributed by atoms with Gasteiger partial charge in [-0.1, -0.05) is 18.2 Å². The molecule has 146 valence electrons. The molecule has 1 aliphatic rings. The van der Waals surface area contributed by atoms with Crippen molar-refractivity contribution in [2.75, 3.05) is 13.1 Å². The van der Waals surface area contributed by atoms with E-state index in [1.54, 1.807) is 13.0 Å². The van der Waals surface area contributed by atoms with Crippen molar-refractivity contribution >= 4 is 23.0 Å². The smallest absolute Gasteiger partial charge is 0.394 e. The van der Waals surface area contributed by atoms with E-state index in [0.717, 1.165) is 15.8 Å². The molecule has 2 N–H and O–H groups in total. The molecule has 0 saturated carbocycles. The Balaban J connectivity index is 1.74. The molecule has 2 aromatic rings. The molecule has 2 heterocycles. The highest BCUT2D eigenvalue weighted by Crippen LogP contribution is 2.38. The third-order valence-corrected chi connectivity index (χ3v) is 4.96. The van der Waals surface area contributed by atoms with E-state index in [4.69, 9.17) is 9.52 Å². The van der Waals surface area contributed by atoms with Crippen molar-refractivity contribution in [2.24, 2.45) is 11.8 Å². The van der Waals surface area contributed by atoms with Crippen LogP contribution in [0.25, 0.3) is 11.0 Å². The number of hydrogen-bond acceptors (Lipinski definition) is 3. The van der Waals surface area contributed by atoms with Crippen molar-refractivity contribution in [3.8, 4) is 0 Å². The Hall–Kier alpha value is -2.71. The second-order valence-electron chi connectivity index (χ2n) is 6.76. The first-order valence-electron chi connectivity index (χ1n) is 8.42. The minimum absolute atomic E-state index is 0.489. The molecule has 3 atom stereocenters. The number of rotatable bonds is 3. The number of urea groups is 1. The molecular weight excluding hydrogens is 365 g/mol. The maximum Gasteiger partial charge on any atom is 0.394 e. The monoisotopic (exact) mass is 384 g/mol. The van der Waals surface area contributed by atoms with Gasteiger partial charge in [-0.25, -0.2) is 4.79 Å². The lowest BCUT2D eigenvalue weighted by molar-refractivity contribution is -0.187. The van der Waals surface area contributed by atoms with Crippen LogP contribution in [0.1, 0.15) is 24.3 Å². The average Bonchev–Trinajstić information content (AvgIpc) is 3.17. The van der Waals surface area contributed by atoms with E-state index in [1.165, 1.54) is 0 Å². The molecule has 1 aromatic heterocycles. The number of aliphatic carboxylic acids is 1. The molecule has 3 rings (SSSR count). The van der Waals surface area contributed by atoms with E-state index in [9.17, 15) is 22.8 Å². The number of nitrogens with zero attached hydrogens (tertiary/aromatic N) is 1. The standard InChI is InChI=1S/C18H19F3N2O4/c1-9-11-5-3-4-6-14(11)27-15(9)10(2)22-17(26)23-7-12(16(24)25)13(8-23)18(19,20)21/h3-6,10,12-13H,7-8H2,1-2H3,(H,22,26)(H,24,25)/t10-,12+,13+/m0/s1. The van der Waals surface area contributed by atoms with E-state index in [0.29, 0.717) is 11.3 Å². The molecular formula is C18H19F3N2O4. The third kappa shape index (κ3) is 3.58. The third-order valence-electron chi connectivity index (χ3n) is 4.96. The van der Waals surface area contributed by atoms with E-state index in [1.807, 2.05) is 25.1 Å². The van der Waals surface area contributed by atoms with Crippen molar-refractivity contribution in [3.05, 3.63) is 35.6 Å². The number of fused-ring (bicyclic) bond motifs is 1. The molecule has 0 spiro atoms. The average molecular weight is 384 g/mol. The highest BCUT2D eigenvalue weighted by Gasteiger charge is 2.53. The summed E-state index contributed by atoms with van der Waals surface area (Å²) in [6.07, 6.45) is -4.68. The fraction of sp³-hybridized carbons (Fsp3) is 0.444. The van der Waals surface area contributed by atoms with Crippen LogP contribution in [0.2, 0.25) is 0 Å². The zero-order valence-corrected chi connectivity index (χ0v) is 14.7. The van der Waals surface area contributed by atoms with Crippen molar-refractivity contribution in [1.82, 2.24) is 10.2 Å². The maximum absolute atomic E-state index is 13.1. The Bertz CT molecular complexity index is 877. The van der Waals surface area contributed by atoms with E-state index in [-0.39, 0.29) is 0 Å². The number of amides is 2. The molecule has 0 radical (unpaired) electrons. The fourth-order valence-corrected chi connectivity index (χ4v) is 3.50. The number of likely N-dealkylation sites (tertiary alicyclic amines) is 1. The summed E-state index contributed by atoms with van der Waals surface area (Å²) >= 11 is 0. The number of carbonyl (C=O) groups excluding carboxylic acids is 1. The first-order valence-corrected chi connectivity index (χ1v) is 8.42. The quantitative estimate of drug-likeness (QED) is 0.845. The van der Waals surface area contributed by atoms with Gasteiger partial charge in [0.05, 0.1) is 17.9 Å². The molecule has 1 saturated heterocycles. The summed E-state index contributed by atoms with van der Waals surface area (Å²) in [5.41, 5.74) is 1.48. The molecule has 2 amide bonds. The van der Waals surface area contributed by atoms with E-state index < -0.39 is 49.1 Å². The van der Waals surface area contributed by atoms with Crippen molar-refractivity contribution in [1.29, 1.82) is 0 Å². The van der Waals surface area contributed by atoms with Gasteiger partial charge < -0.3 is 19.7 Å². The number of para-hydroxylation sites is 1.